The summed E-state index contributed by atoms with van der Waals surface area (Å²) < 4.78 is 11.4. The number of aliphatic hydroxyl groups is 1. The fourth-order valence-electron chi connectivity index (χ4n) is 2.27. The van der Waals surface area contributed by atoms with E-state index in [0.717, 1.165) is 19.5 Å². The fraction of sp³-hybridized carbons (Fsp3) is 0.909. The molecule has 1 saturated heterocycles. The summed E-state index contributed by atoms with van der Waals surface area (Å²) in [6, 6.07) is 0. The van der Waals surface area contributed by atoms with Gasteiger partial charge in [-0.2, -0.15) is 0 Å². The maximum Gasteiger partial charge on any atom is 0.235 e. The van der Waals surface area contributed by atoms with Gasteiger partial charge in [0, 0.05) is 29.6 Å². The van der Waals surface area contributed by atoms with Gasteiger partial charge in [0.05, 0.1) is 6.61 Å². The average Bonchev–Trinajstić information content (AvgIpc) is 2.16. The number of carbonyl (C=O) groups is 1. The Kier molecular flexibility index (Phi) is 5.41. The van der Waals surface area contributed by atoms with Gasteiger partial charge >= 0.3 is 0 Å². The maximum atomic E-state index is 11.8. The average molecular weight is 247 g/mol. The van der Waals surface area contributed by atoms with E-state index in [4.69, 9.17) is 5.11 Å². The topological polar surface area (TPSA) is 57.6 Å². The summed E-state index contributed by atoms with van der Waals surface area (Å²) in [4.78, 5) is 13.6. The number of hydrogen-bond acceptors (Lipinski definition) is 3. The van der Waals surface area contributed by atoms with E-state index >= 15 is 0 Å². The van der Waals surface area contributed by atoms with Crippen molar-refractivity contribution < 1.29 is 14.1 Å². The van der Waals surface area contributed by atoms with Crippen LogP contribution in [0.5, 0.6) is 0 Å². The van der Waals surface area contributed by atoms with Crippen molar-refractivity contribution in [1.82, 2.24) is 4.90 Å². The fourth-order valence-corrected chi connectivity index (χ4v) is 3.08. The molecular formula is C11H21NO3S. The van der Waals surface area contributed by atoms with Gasteiger partial charge in [0.15, 0.2) is 0 Å². The van der Waals surface area contributed by atoms with Crippen LogP contribution in [0.3, 0.4) is 0 Å². The lowest BCUT2D eigenvalue weighted by Crippen LogP contribution is -2.44. The van der Waals surface area contributed by atoms with E-state index in [-0.39, 0.29) is 24.0 Å². The molecule has 0 aromatic carbocycles. The smallest absolute Gasteiger partial charge is 0.235 e. The van der Waals surface area contributed by atoms with Crippen molar-refractivity contribution in [2.75, 3.05) is 31.2 Å². The number of hydrogen-bond donors (Lipinski definition) is 1. The Balaban J connectivity index is 2.44. The van der Waals surface area contributed by atoms with Gasteiger partial charge < -0.3 is 10.0 Å². The third-order valence-electron chi connectivity index (χ3n) is 2.82. The Hall–Kier alpha value is -0.420. The van der Waals surface area contributed by atoms with Crippen LogP contribution in [-0.2, 0) is 15.6 Å². The minimum absolute atomic E-state index is 0.0369. The van der Waals surface area contributed by atoms with E-state index in [2.05, 4.69) is 13.8 Å². The van der Waals surface area contributed by atoms with Crippen molar-refractivity contribution in [2.24, 2.45) is 11.8 Å². The highest BCUT2D eigenvalue weighted by molar-refractivity contribution is 7.85. The van der Waals surface area contributed by atoms with Crippen LogP contribution in [0.15, 0.2) is 0 Å². The Morgan fingerprint density at radius 3 is 2.44 bits per heavy atom. The van der Waals surface area contributed by atoms with Crippen LogP contribution in [-0.4, -0.2) is 51.3 Å². The molecule has 4 nitrogen and oxygen atoms in total. The molecule has 0 spiro atoms. The number of likely N-dealkylation sites (tertiary alicyclic amines) is 1. The quantitative estimate of drug-likeness (QED) is 0.774. The van der Waals surface area contributed by atoms with Crippen LogP contribution in [0.1, 0.15) is 20.3 Å². The highest BCUT2D eigenvalue weighted by Crippen LogP contribution is 2.20. The van der Waals surface area contributed by atoms with Crippen LogP contribution in [0.25, 0.3) is 0 Å². The minimum atomic E-state index is -1.22. The van der Waals surface area contributed by atoms with Gasteiger partial charge in [-0.05, 0) is 18.3 Å². The number of carbonyl (C=O) groups excluding carboxylic acids is 1. The summed E-state index contributed by atoms with van der Waals surface area (Å²) >= 11 is 0. The molecule has 1 aliphatic heterocycles. The van der Waals surface area contributed by atoms with Crippen LogP contribution < -0.4 is 0 Å². The standard InChI is InChI=1S/C11H21NO3S/c1-9-5-10(2)7-12(6-9)11(14)8-16(15)4-3-13/h9-10,13H,3-8H2,1-2H3. The summed E-state index contributed by atoms with van der Waals surface area (Å²) in [6.45, 7) is 5.72. The number of nitrogens with zero attached hydrogens (tertiary/aromatic N) is 1. The van der Waals surface area contributed by atoms with E-state index in [1.807, 2.05) is 4.90 Å². The van der Waals surface area contributed by atoms with Crippen LogP contribution >= 0.6 is 0 Å². The first-order valence-electron chi connectivity index (χ1n) is 5.76. The molecule has 3 unspecified atom stereocenters. The molecule has 0 bridgehead atoms. The molecule has 1 aliphatic rings. The number of rotatable bonds is 4. The molecule has 1 N–H and O–H groups in total. The van der Waals surface area contributed by atoms with Crippen molar-refractivity contribution in [3.63, 3.8) is 0 Å². The first kappa shape index (κ1) is 13.6. The zero-order chi connectivity index (χ0) is 12.1. The summed E-state index contributed by atoms with van der Waals surface area (Å²) in [6.07, 6.45) is 1.16. The predicted octanol–water partition coefficient (Wildman–Crippen LogP) is 0.232. The third kappa shape index (κ3) is 4.22. The molecule has 0 aliphatic carbocycles. The van der Waals surface area contributed by atoms with Gasteiger partial charge in [-0.3, -0.25) is 9.00 Å². The first-order chi connectivity index (χ1) is 7.52. The van der Waals surface area contributed by atoms with E-state index in [0.29, 0.717) is 11.8 Å². The second-order valence-corrected chi connectivity index (χ2v) is 6.33. The van der Waals surface area contributed by atoms with E-state index in [9.17, 15) is 9.00 Å². The van der Waals surface area contributed by atoms with Gasteiger partial charge in [-0.15, -0.1) is 0 Å². The minimum Gasteiger partial charge on any atom is -0.395 e. The van der Waals surface area contributed by atoms with Crippen LogP contribution in [0, 0.1) is 11.8 Å². The van der Waals surface area contributed by atoms with Crippen molar-refractivity contribution in [1.29, 1.82) is 0 Å². The summed E-state index contributed by atoms with van der Waals surface area (Å²) in [7, 11) is -1.22. The van der Waals surface area contributed by atoms with Gasteiger partial charge in [-0.25, -0.2) is 0 Å². The molecule has 1 amide bonds. The Morgan fingerprint density at radius 2 is 1.94 bits per heavy atom. The summed E-state index contributed by atoms with van der Waals surface area (Å²) in [5.41, 5.74) is 0. The second-order valence-electron chi connectivity index (χ2n) is 4.76. The summed E-state index contributed by atoms with van der Waals surface area (Å²) in [5.74, 6) is 1.27. The lowest BCUT2D eigenvalue weighted by molar-refractivity contribution is -0.131. The largest absolute Gasteiger partial charge is 0.395 e. The summed E-state index contributed by atoms with van der Waals surface area (Å²) in [5, 5.41) is 8.63. The van der Waals surface area contributed by atoms with Gasteiger partial charge in [0.25, 0.3) is 0 Å². The van der Waals surface area contributed by atoms with Gasteiger partial charge in [0.1, 0.15) is 5.75 Å². The molecule has 3 atom stereocenters. The third-order valence-corrected chi connectivity index (χ3v) is 4.03. The van der Waals surface area contributed by atoms with Crippen molar-refractivity contribution >= 4 is 16.7 Å². The van der Waals surface area contributed by atoms with Crippen LogP contribution in [0.2, 0.25) is 0 Å². The van der Waals surface area contributed by atoms with Crippen molar-refractivity contribution in [3.8, 4) is 0 Å². The molecule has 94 valence electrons. The second kappa shape index (κ2) is 6.35. The van der Waals surface area contributed by atoms with Gasteiger partial charge in [0.2, 0.25) is 5.91 Å². The lowest BCUT2D eigenvalue weighted by atomic mass is 9.92. The number of amides is 1. The predicted molar refractivity (Wildman–Crippen MR) is 64.5 cm³/mol. The monoisotopic (exact) mass is 247 g/mol. The molecule has 0 saturated carbocycles. The number of aliphatic hydroxyl groups excluding tert-OH is 1. The molecule has 16 heavy (non-hydrogen) atoms. The Labute approximate surface area is 99.5 Å². The highest BCUT2D eigenvalue weighted by atomic mass is 32.2. The zero-order valence-corrected chi connectivity index (χ0v) is 10.8. The molecule has 0 aromatic heterocycles. The molecular weight excluding hydrogens is 226 g/mol. The molecule has 0 radical (unpaired) electrons. The molecule has 1 fully saturated rings. The van der Waals surface area contributed by atoms with Crippen molar-refractivity contribution in [2.45, 2.75) is 20.3 Å². The van der Waals surface area contributed by atoms with E-state index in [1.165, 1.54) is 0 Å². The molecule has 0 aromatic rings. The molecule has 1 heterocycles. The lowest BCUT2D eigenvalue weighted by Gasteiger charge is -2.34. The normalized spacial score (nSPS) is 27.8. The van der Waals surface area contributed by atoms with Crippen molar-refractivity contribution in [3.05, 3.63) is 0 Å². The van der Waals surface area contributed by atoms with E-state index < -0.39 is 10.8 Å². The van der Waals surface area contributed by atoms with E-state index in [1.54, 1.807) is 0 Å². The van der Waals surface area contributed by atoms with Crippen LogP contribution in [0.4, 0.5) is 0 Å². The SMILES string of the molecule is CC1CC(C)CN(C(=O)CS(=O)CCO)C1. The Bertz CT molecular complexity index is 260. The van der Waals surface area contributed by atoms with Gasteiger partial charge in [-0.1, -0.05) is 13.8 Å². The first-order valence-corrected chi connectivity index (χ1v) is 7.25. The zero-order valence-electron chi connectivity index (χ0n) is 10.0. The highest BCUT2D eigenvalue weighted by Gasteiger charge is 2.25. The molecule has 5 heteroatoms. The molecule has 1 rings (SSSR count). The maximum absolute atomic E-state index is 11.8. The number of piperidine rings is 1. The Morgan fingerprint density at radius 1 is 1.38 bits per heavy atom.